The fraction of sp³-hybridized carbons (Fsp3) is 0.0476. The van der Waals surface area contributed by atoms with E-state index >= 15 is 0 Å². The minimum absolute atomic E-state index is 0.0704. The van der Waals surface area contributed by atoms with Gasteiger partial charge >= 0.3 is 0 Å². The number of nitro benzene ring substituents is 1. The van der Waals surface area contributed by atoms with E-state index < -0.39 is 16.1 Å². The third-order valence-corrected chi connectivity index (χ3v) is 5.52. The van der Waals surface area contributed by atoms with E-state index in [1.165, 1.54) is 12.1 Å². The molecular formula is C21H13ClN2O5S. The van der Waals surface area contributed by atoms with Crippen molar-refractivity contribution in [3.8, 4) is 11.3 Å². The van der Waals surface area contributed by atoms with Crippen LogP contribution in [0.25, 0.3) is 17.4 Å². The highest BCUT2D eigenvalue weighted by Gasteiger charge is 2.36. The van der Waals surface area contributed by atoms with Gasteiger partial charge in [0.25, 0.3) is 16.8 Å². The first-order valence-corrected chi connectivity index (χ1v) is 9.92. The lowest BCUT2D eigenvalue weighted by molar-refractivity contribution is -0.384. The Hall–Kier alpha value is -3.36. The minimum Gasteiger partial charge on any atom is -0.456 e. The van der Waals surface area contributed by atoms with Crippen molar-refractivity contribution in [2.45, 2.75) is 6.92 Å². The molecule has 1 aromatic heterocycles. The summed E-state index contributed by atoms with van der Waals surface area (Å²) in [4.78, 5) is 37.2. The Morgan fingerprint density at radius 3 is 2.53 bits per heavy atom. The number of furan rings is 1. The summed E-state index contributed by atoms with van der Waals surface area (Å²) < 4.78 is 5.71. The molecule has 2 amide bonds. The number of amides is 2. The molecule has 3 aromatic rings. The maximum absolute atomic E-state index is 12.7. The number of thioether (sulfide) groups is 1. The van der Waals surface area contributed by atoms with Crippen molar-refractivity contribution in [3.63, 3.8) is 0 Å². The Morgan fingerprint density at radius 1 is 1.10 bits per heavy atom. The highest BCUT2D eigenvalue weighted by Crippen LogP contribution is 2.37. The molecule has 1 aliphatic heterocycles. The molecule has 0 spiro atoms. The van der Waals surface area contributed by atoms with Gasteiger partial charge in [0.15, 0.2) is 0 Å². The first-order chi connectivity index (χ1) is 14.3. The topological polar surface area (TPSA) is 93.7 Å². The second kappa shape index (κ2) is 7.81. The van der Waals surface area contributed by atoms with Gasteiger partial charge in [0.05, 0.1) is 21.1 Å². The van der Waals surface area contributed by atoms with E-state index in [0.29, 0.717) is 27.8 Å². The van der Waals surface area contributed by atoms with E-state index in [2.05, 4.69) is 0 Å². The minimum atomic E-state index is -0.480. The summed E-state index contributed by atoms with van der Waals surface area (Å²) >= 11 is 6.65. The van der Waals surface area contributed by atoms with Crippen molar-refractivity contribution < 1.29 is 18.9 Å². The highest BCUT2D eigenvalue weighted by molar-refractivity contribution is 8.19. The number of nitro groups is 1. The van der Waals surface area contributed by atoms with Crippen LogP contribution in [0.2, 0.25) is 5.02 Å². The molecule has 2 heterocycles. The molecule has 1 saturated heterocycles. The van der Waals surface area contributed by atoms with E-state index in [1.54, 1.807) is 55.5 Å². The van der Waals surface area contributed by atoms with Gasteiger partial charge in [-0.2, -0.15) is 0 Å². The van der Waals surface area contributed by atoms with Crippen molar-refractivity contribution in [2.75, 3.05) is 4.90 Å². The molecule has 0 unspecified atom stereocenters. The zero-order valence-electron chi connectivity index (χ0n) is 15.5. The molecule has 7 nitrogen and oxygen atoms in total. The summed E-state index contributed by atoms with van der Waals surface area (Å²) in [7, 11) is 0. The molecule has 0 aliphatic carbocycles. The molecule has 0 saturated carbocycles. The predicted octanol–water partition coefficient (Wildman–Crippen LogP) is 6.06. The summed E-state index contributed by atoms with van der Waals surface area (Å²) in [5, 5.41) is 11.4. The first kappa shape index (κ1) is 19.9. The number of anilines is 1. The van der Waals surface area contributed by atoms with Crippen LogP contribution in [0.5, 0.6) is 0 Å². The van der Waals surface area contributed by atoms with Crippen molar-refractivity contribution in [1.29, 1.82) is 0 Å². The Balaban J connectivity index is 1.64. The quantitative estimate of drug-likeness (QED) is 0.278. The van der Waals surface area contributed by atoms with Crippen LogP contribution in [-0.4, -0.2) is 16.1 Å². The lowest BCUT2D eigenvalue weighted by Gasteiger charge is -2.11. The van der Waals surface area contributed by atoms with Gasteiger partial charge < -0.3 is 4.42 Å². The normalized spacial score (nSPS) is 15.3. The van der Waals surface area contributed by atoms with Gasteiger partial charge in [-0.3, -0.25) is 19.7 Å². The molecule has 4 rings (SSSR count). The molecule has 9 heteroatoms. The number of hydrogen-bond donors (Lipinski definition) is 0. The lowest BCUT2D eigenvalue weighted by atomic mass is 10.1. The molecule has 0 radical (unpaired) electrons. The molecular weight excluding hydrogens is 428 g/mol. The van der Waals surface area contributed by atoms with Gasteiger partial charge in [0.2, 0.25) is 0 Å². The SMILES string of the molecule is Cc1ccc(-c2ccc(/C=C3\SC(=O)N(c4ccc(Cl)cc4)C3=O)o2)c([N+](=O)[O-])c1. The second-order valence-corrected chi connectivity index (χ2v) is 7.90. The lowest BCUT2D eigenvalue weighted by Crippen LogP contribution is -2.27. The van der Waals surface area contributed by atoms with Gasteiger partial charge in [0, 0.05) is 17.2 Å². The number of aryl methyl sites for hydroxylation is 1. The van der Waals surface area contributed by atoms with Crippen LogP contribution in [0, 0.1) is 17.0 Å². The van der Waals surface area contributed by atoms with Crippen LogP contribution in [0.4, 0.5) is 16.2 Å². The maximum Gasteiger partial charge on any atom is 0.298 e. The van der Waals surface area contributed by atoms with Crippen LogP contribution in [-0.2, 0) is 4.79 Å². The summed E-state index contributed by atoms with van der Waals surface area (Å²) in [6.45, 7) is 1.77. The Bertz CT molecular complexity index is 1220. The predicted molar refractivity (Wildman–Crippen MR) is 115 cm³/mol. The van der Waals surface area contributed by atoms with E-state index in [0.717, 1.165) is 22.2 Å². The monoisotopic (exact) mass is 440 g/mol. The molecule has 0 atom stereocenters. The number of nitrogens with zero attached hydrogens (tertiary/aromatic N) is 2. The zero-order chi connectivity index (χ0) is 21.4. The number of rotatable bonds is 4. The van der Waals surface area contributed by atoms with Gasteiger partial charge in [-0.05, 0) is 66.7 Å². The number of imide groups is 1. The van der Waals surface area contributed by atoms with E-state index in [4.69, 9.17) is 16.0 Å². The van der Waals surface area contributed by atoms with Crippen LogP contribution >= 0.6 is 23.4 Å². The van der Waals surface area contributed by atoms with Gasteiger partial charge in [-0.15, -0.1) is 0 Å². The third-order valence-electron chi connectivity index (χ3n) is 4.39. The Kier molecular flexibility index (Phi) is 5.19. The summed E-state index contributed by atoms with van der Waals surface area (Å²) in [6.07, 6.45) is 1.45. The van der Waals surface area contributed by atoms with Crippen molar-refractivity contribution in [2.24, 2.45) is 0 Å². The molecule has 30 heavy (non-hydrogen) atoms. The molecule has 1 aliphatic rings. The number of halogens is 1. The number of carbonyl (C=O) groups is 2. The van der Waals surface area contributed by atoms with Crippen LogP contribution < -0.4 is 4.90 Å². The van der Waals surface area contributed by atoms with Gasteiger partial charge in [-0.25, -0.2) is 4.90 Å². The second-order valence-electron chi connectivity index (χ2n) is 6.47. The standard InChI is InChI=1S/C21H13ClN2O5S/c1-12-2-8-16(17(10-12)24(27)28)18-9-7-15(29-18)11-19-20(25)23(21(26)30-19)14-5-3-13(22)4-6-14/h2-11H,1H3/b19-11-. The van der Waals surface area contributed by atoms with Gasteiger partial charge in [-0.1, -0.05) is 17.7 Å². The maximum atomic E-state index is 12.7. The van der Waals surface area contributed by atoms with Crippen molar-refractivity contribution >= 4 is 52.0 Å². The largest absolute Gasteiger partial charge is 0.456 e. The average molecular weight is 441 g/mol. The fourth-order valence-corrected chi connectivity index (χ4v) is 3.93. The van der Waals surface area contributed by atoms with Crippen LogP contribution in [0.1, 0.15) is 11.3 Å². The third kappa shape index (κ3) is 3.74. The van der Waals surface area contributed by atoms with E-state index in [-0.39, 0.29) is 10.6 Å². The number of hydrogen-bond acceptors (Lipinski definition) is 6. The average Bonchev–Trinajstić information content (AvgIpc) is 3.27. The van der Waals surface area contributed by atoms with Crippen LogP contribution in [0.3, 0.4) is 0 Å². The molecule has 150 valence electrons. The van der Waals surface area contributed by atoms with E-state index in [9.17, 15) is 19.7 Å². The van der Waals surface area contributed by atoms with Crippen LogP contribution in [0.15, 0.2) is 63.9 Å². The molecule has 0 N–H and O–H groups in total. The van der Waals surface area contributed by atoms with E-state index in [1.807, 2.05) is 0 Å². The number of carbonyl (C=O) groups excluding carboxylic acids is 2. The smallest absolute Gasteiger partial charge is 0.298 e. The Morgan fingerprint density at radius 2 is 1.83 bits per heavy atom. The molecule has 2 aromatic carbocycles. The van der Waals surface area contributed by atoms with Crippen molar-refractivity contribution in [1.82, 2.24) is 0 Å². The fourth-order valence-electron chi connectivity index (χ4n) is 2.99. The Labute approximate surface area is 180 Å². The molecule has 0 bridgehead atoms. The first-order valence-electron chi connectivity index (χ1n) is 8.72. The highest BCUT2D eigenvalue weighted by atomic mass is 35.5. The summed E-state index contributed by atoms with van der Waals surface area (Å²) in [5.41, 5.74) is 1.44. The summed E-state index contributed by atoms with van der Waals surface area (Å²) in [6, 6.07) is 14.4. The molecule has 1 fully saturated rings. The van der Waals surface area contributed by atoms with Gasteiger partial charge in [0.1, 0.15) is 11.5 Å². The van der Waals surface area contributed by atoms with Crippen molar-refractivity contribution in [3.05, 3.63) is 86.0 Å². The number of benzene rings is 2. The summed E-state index contributed by atoms with van der Waals surface area (Å²) in [5.74, 6) is 0.123. The zero-order valence-corrected chi connectivity index (χ0v) is 17.1.